The number of benzene rings is 1. The van der Waals surface area contributed by atoms with E-state index in [9.17, 15) is 18.3 Å². The largest absolute Gasteiger partial charge is 0.416 e. The Morgan fingerprint density at radius 1 is 1.24 bits per heavy atom. The molecule has 0 spiro atoms. The first kappa shape index (κ1) is 16.3. The van der Waals surface area contributed by atoms with Crippen molar-refractivity contribution in [1.29, 1.82) is 0 Å². The van der Waals surface area contributed by atoms with Gasteiger partial charge >= 0.3 is 6.18 Å². The van der Waals surface area contributed by atoms with Crippen molar-refractivity contribution >= 4 is 0 Å². The summed E-state index contributed by atoms with van der Waals surface area (Å²) >= 11 is 0. The number of aliphatic hydroxyl groups is 1. The zero-order valence-electron chi connectivity index (χ0n) is 12.2. The predicted molar refractivity (Wildman–Crippen MR) is 75.8 cm³/mol. The Labute approximate surface area is 123 Å². The zero-order valence-corrected chi connectivity index (χ0v) is 12.2. The topological polar surface area (TPSA) is 32.3 Å². The van der Waals surface area contributed by atoms with Crippen LogP contribution in [0, 0.1) is 5.92 Å². The van der Waals surface area contributed by atoms with Crippen LogP contribution in [-0.4, -0.2) is 17.7 Å². The van der Waals surface area contributed by atoms with Gasteiger partial charge in [-0.05, 0) is 36.5 Å². The van der Waals surface area contributed by atoms with Crippen molar-refractivity contribution < 1.29 is 18.3 Å². The minimum absolute atomic E-state index is 0.378. The number of aliphatic hydroxyl groups excluding tert-OH is 1. The Bertz CT molecular complexity index is 444. The second kappa shape index (κ2) is 6.79. The predicted octanol–water partition coefficient (Wildman–Crippen LogP) is 3.91. The molecular weight excluding hydrogens is 279 g/mol. The van der Waals surface area contributed by atoms with E-state index in [-0.39, 0.29) is 0 Å². The van der Waals surface area contributed by atoms with Gasteiger partial charge in [0.25, 0.3) is 0 Å². The van der Waals surface area contributed by atoms with Gasteiger partial charge in [-0.2, -0.15) is 13.2 Å². The van der Waals surface area contributed by atoms with Crippen molar-refractivity contribution in [3.8, 4) is 0 Å². The quantitative estimate of drug-likeness (QED) is 0.884. The molecule has 21 heavy (non-hydrogen) atoms. The van der Waals surface area contributed by atoms with Crippen LogP contribution in [-0.2, 0) is 6.18 Å². The molecule has 2 nitrogen and oxygen atoms in total. The van der Waals surface area contributed by atoms with E-state index in [4.69, 9.17) is 0 Å². The molecule has 1 aliphatic rings. The third-order valence-electron chi connectivity index (χ3n) is 4.16. The lowest BCUT2D eigenvalue weighted by atomic mass is 9.87. The Hall–Kier alpha value is -1.07. The smallest absolute Gasteiger partial charge is 0.387 e. The van der Waals surface area contributed by atoms with Crippen molar-refractivity contribution in [1.82, 2.24) is 5.32 Å². The highest BCUT2D eigenvalue weighted by atomic mass is 19.4. The highest BCUT2D eigenvalue weighted by Gasteiger charge is 2.30. The maximum absolute atomic E-state index is 12.5. The third kappa shape index (κ3) is 4.71. The second-order valence-electron chi connectivity index (χ2n) is 6.01. The lowest BCUT2D eigenvalue weighted by Crippen LogP contribution is -2.36. The van der Waals surface area contributed by atoms with Gasteiger partial charge in [0.15, 0.2) is 0 Å². The van der Waals surface area contributed by atoms with Crippen LogP contribution in [0.5, 0.6) is 0 Å². The number of alkyl halides is 3. The molecule has 0 radical (unpaired) electrons. The SMILES string of the molecule is CC1CCCC(NCC(O)c2ccc(C(F)(F)F)cc2)C1. The average molecular weight is 301 g/mol. The maximum Gasteiger partial charge on any atom is 0.416 e. The van der Waals surface area contributed by atoms with E-state index in [0.29, 0.717) is 24.1 Å². The summed E-state index contributed by atoms with van der Waals surface area (Å²) in [6.07, 6.45) is -0.469. The van der Waals surface area contributed by atoms with Gasteiger partial charge < -0.3 is 10.4 Å². The fraction of sp³-hybridized carbons (Fsp3) is 0.625. The molecule has 3 atom stereocenters. The van der Waals surface area contributed by atoms with Crippen LogP contribution in [0.3, 0.4) is 0 Å². The molecule has 0 heterocycles. The van der Waals surface area contributed by atoms with E-state index >= 15 is 0 Å². The summed E-state index contributed by atoms with van der Waals surface area (Å²) in [5.74, 6) is 0.694. The van der Waals surface area contributed by atoms with Crippen molar-refractivity contribution in [2.24, 2.45) is 5.92 Å². The Kier molecular flexibility index (Phi) is 5.27. The van der Waals surface area contributed by atoms with Crippen molar-refractivity contribution in [3.63, 3.8) is 0 Å². The van der Waals surface area contributed by atoms with Crippen molar-refractivity contribution in [2.45, 2.75) is 50.9 Å². The van der Waals surface area contributed by atoms with Crippen LogP contribution >= 0.6 is 0 Å². The third-order valence-corrected chi connectivity index (χ3v) is 4.16. The van der Waals surface area contributed by atoms with Crippen LogP contribution in [0.25, 0.3) is 0 Å². The minimum Gasteiger partial charge on any atom is -0.387 e. The lowest BCUT2D eigenvalue weighted by Gasteiger charge is -2.28. The van der Waals surface area contributed by atoms with Crippen LogP contribution in [0.15, 0.2) is 24.3 Å². The average Bonchev–Trinajstić information content (AvgIpc) is 2.44. The van der Waals surface area contributed by atoms with Crippen LogP contribution in [0.1, 0.15) is 49.8 Å². The second-order valence-corrected chi connectivity index (χ2v) is 6.01. The first-order valence-corrected chi connectivity index (χ1v) is 7.45. The van der Waals surface area contributed by atoms with Crippen molar-refractivity contribution in [3.05, 3.63) is 35.4 Å². The fourth-order valence-electron chi connectivity index (χ4n) is 2.91. The number of halogens is 3. The molecular formula is C16H22F3NO. The zero-order chi connectivity index (χ0) is 15.5. The summed E-state index contributed by atoms with van der Waals surface area (Å²) < 4.78 is 37.4. The van der Waals surface area contributed by atoms with Gasteiger partial charge in [0.1, 0.15) is 0 Å². The highest BCUT2D eigenvalue weighted by Crippen LogP contribution is 2.30. The summed E-state index contributed by atoms with van der Waals surface area (Å²) in [6.45, 7) is 2.60. The number of rotatable bonds is 4. The van der Waals surface area contributed by atoms with E-state index in [0.717, 1.165) is 25.0 Å². The van der Waals surface area contributed by atoms with E-state index in [1.165, 1.54) is 25.0 Å². The summed E-state index contributed by atoms with van der Waals surface area (Å²) in [5.41, 5.74) is -0.174. The molecule has 1 aromatic carbocycles. The normalized spacial score (nSPS) is 24.8. The molecule has 1 aliphatic carbocycles. The Balaban J connectivity index is 1.87. The minimum atomic E-state index is -4.33. The lowest BCUT2D eigenvalue weighted by molar-refractivity contribution is -0.137. The maximum atomic E-state index is 12.5. The van der Waals surface area contributed by atoms with Crippen LogP contribution in [0.4, 0.5) is 13.2 Å². The van der Waals surface area contributed by atoms with Gasteiger partial charge in [-0.25, -0.2) is 0 Å². The molecule has 1 aromatic rings. The summed E-state index contributed by atoms with van der Waals surface area (Å²) in [6, 6.07) is 5.12. The van der Waals surface area contributed by atoms with Gasteiger partial charge in [-0.1, -0.05) is 31.9 Å². The first-order valence-electron chi connectivity index (χ1n) is 7.45. The summed E-state index contributed by atoms with van der Waals surface area (Å²) in [4.78, 5) is 0. The Morgan fingerprint density at radius 3 is 2.48 bits per heavy atom. The molecule has 0 aromatic heterocycles. The Morgan fingerprint density at radius 2 is 1.90 bits per heavy atom. The van der Waals surface area contributed by atoms with E-state index in [2.05, 4.69) is 12.2 Å². The van der Waals surface area contributed by atoms with Crippen molar-refractivity contribution in [2.75, 3.05) is 6.54 Å². The molecule has 0 amide bonds. The number of nitrogens with one attached hydrogen (secondary N) is 1. The number of hydrogen-bond acceptors (Lipinski definition) is 2. The van der Waals surface area contributed by atoms with E-state index in [1.807, 2.05) is 0 Å². The van der Waals surface area contributed by atoms with Gasteiger partial charge in [0, 0.05) is 12.6 Å². The van der Waals surface area contributed by atoms with E-state index < -0.39 is 17.8 Å². The highest BCUT2D eigenvalue weighted by molar-refractivity contribution is 5.26. The molecule has 0 aliphatic heterocycles. The summed E-state index contributed by atoms with van der Waals surface area (Å²) in [5, 5.41) is 13.4. The molecule has 0 saturated heterocycles. The van der Waals surface area contributed by atoms with Gasteiger partial charge in [-0.3, -0.25) is 0 Å². The molecule has 1 saturated carbocycles. The summed E-state index contributed by atoms with van der Waals surface area (Å²) in [7, 11) is 0. The fourth-order valence-corrected chi connectivity index (χ4v) is 2.91. The monoisotopic (exact) mass is 301 g/mol. The van der Waals surface area contributed by atoms with Gasteiger partial charge in [-0.15, -0.1) is 0 Å². The first-order chi connectivity index (χ1) is 9.86. The number of hydrogen-bond donors (Lipinski definition) is 2. The van der Waals surface area contributed by atoms with E-state index in [1.54, 1.807) is 0 Å². The molecule has 3 unspecified atom stereocenters. The molecule has 1 fully saturated rings. The standard InChI is InChI=1S/C16H22F3NO/c1-11-3-2-4-14(9-11)20-10-15(21)12-5-7-13(8-6-12)16(17,18)19/h5-8,11,14-15,20-21H,2-4,9-10H2,1H3. The molecule has 5 heteroatoms. The molecule has 2 rings (SSSR count). The van der Waals surface area contributed by atoms with Gasteiger partial charge in [0.05, 0.1) is 11.7 Å². The molecule has 2 N–H and O–H groups in total. The van der Waals surface area contributed by atoms with Gasteiger partial charge in [0.2, 0.25) is 0 Å². The van der Waals surface area contributed by atoms with Crippen LogP contribution < -0.4 is 5.32 Å². The molecule has 118 valence electrons. The van der Waals surface area contributed by atoms with Crippen LogP contribution in [0.2, 0.25) is 0 Å². The molecule has 0 bridgehead atoms.